The van der Waals surface area contributed by atoms with Crippen molar-refractivity contribution in [2.75, 3.05) is 19.0 Å². The first-order valence-electron chi connectivity index (χ1n) is 7.57. The first-order valence-corrected chi connectivity index (χ1v) is 7.94. The predicted octanol–water partition coefficient (Wildman–Crippen LogP) is 4.27. The molecular formula is C19H17ClN2O3. The van der Waals surface area contributed by atoms with Gasteiger partial charge in [0.05, 0.1) is 30.4 Å². The summed E-state index contributed by atoms with van der Waals surface area (Å²) in [6.07, 6.45) is 3.00. The van der Waals surface area contributed by atoms with E-state index in [1.165, 1.54) is 13.2 Å². The molecule has 6 heteroatoms. The minimum Gasteiger partial charge on any atom is -0.491 e. The van der Waals surface area contributed by atoms with Crippen LogP contribution in [-0.4, -0.2) is 19.6 Å². The summed E-state index contributed by atoms with van der Waals surface area (Å²) in [5, 5.41) is 12.0. The number of benzene rings is 2. The maximum atomic E-state index is 12.0. The molecule has 0 saturated carbocycles. The van der Waals surface area contributed by atoms with Crippen LogP contribution in [0.5, 0.6) is 11.5 Å². The van der Waals surface area contributed by atoms with Gasteiger partial charge in [0.2, 0.25) is 5.91 Å². The zero-order chi connectivity index (χ0) is 18.2. The Morgan fingerprint density at radius 3 is 2.84 bits per heavy atom. The van der Waals surface area contributed by atoms with Crippen LogP contribution in [0, 0.1) is 11.3 Å². The summed E-state index contributed by atoms with van der Waals surface area (Å²) in [6.45, 7) is 2.33. The van der Waals surface area contributed by atoms with Gasteiger partial charge in [0, 0.05) is 11.8 Å². The number of carbonyl (C=O) groups is 1. The fourth-order valence-electron chi connectivity index (χ4n) is 2.17. The van der Waals surface area contributed by atoms with E-state index in [0.29, 0.717) is 39.9 Å². The van der Waals surface area contributed by atoms with Crippen molar-refractivity contribution in [2.45, 2.75) is 6.92 Å². The second-order valence-electron chi connectivity index (χ2n) is 4.98. The molecule has 128 valence electrons. The Balaban J connectivity index is 2.15. The number of halogens is 1. The van der Waals surface area contributed by atoms with Gasteiger partial charge in [-0.2, -0.15) is 5.26 Å². The molecule has 0 aromatic heterocycles. The van der Waals surface area contributed by atoms with Crippen molar-refractivity contribution in [2.24, 2.45) is 0 Å². The van der Waals surface area contributed by atoms with Gasteiger partial charge >= 0.3 is 0 Å². The Bertz CT molecular complexity index is 841. The number of carbonyl (C=O) groups excluding carboxylic acids is 1. The molecule has 0 unspecified atom stereocenters. The lowest BCUT2D eigenvalue weighted by molar-refractivity contribution is -0.111. The van der Waals surface area contributed by atoms with Crippen LogP contribution < -0.4 is 14.8 Å². The van der Waals surface area contributed by atoms with Gasteiger partial charge in [0.15, 0.2) is 11.5 Å². The van der Waals surface area contributed by atoms with E-state index in [2.05, 4.69) is 5.32 Å². The minimum absolute atomic E-state index is 0.319. The highest BCUT2D eigenvalue weighted by Crippen LogP contribution is 2.36. The molecule has 0 radical (unpaired) electrons. The van der Waals surface area contributed by atoms with Gasteiger partial charge in [0.25, 0.3) is 0 Å². The van der Waals surface area contributed by atoms with Crippen LogP contribution >= 0.6 is 11.6 Å². The summed E-state index contributed by atoms with van der Waals surface area (Å²) in [6, 6.07) is 12.1. The number of anilines is 1. The van der Waals surface area contributed by atoms with Gasteiger partial charge < -0.3 is 14.8 Å². The van der Waals surface area contributed by atoms with Gasteiger partial charge in [-0.05, 0) is 48.9 Å². The first-order chi connectivity index (χ1) is 12.1. The highest BCUT2D eigenvalue weighted by molar-refractivity contribution is 6.32. The Morgan fingerprint density at radius 2 is 2.16 bits per heavy atom. The largest absolute Gasteiger partial charge is 0.491 e. The third-order valence-electron chi connectivity index (χ3n) is 3.22. The van der Waals surface area contributed by atoms with E-state index >= 15 is 0 Å². The Morgan fingerprint density at radius 1 is 1.36 bits per heavy atom. The van der Waals surface area contributed by atoms with E-state index in [-0.39, 0.29) is 5.91 Å². The van der Waals surface area contributed by atoms with Crippen LogP contribution in [0.1, 0.15) is 18.1 Å². The molecule has 2 rings (SSSR count). The quantitative estimate of drug-likeness (QED) is 0.784. The molecule has 2 aromatic rings. The van der Waals surface area contributed by atoms with Crippen molar-refractivity contribution in [3.63, 3.8) is 0 Å². The lowest BCUT2D eigenvalue weighted by atomic mass is 10.1. The number of nitrogens with zero attached hydrogens (tertiary/aromatic N) is 1. The number of hydrogen-bond donors (Lipinski definition) is 1. The molecule has 0 fully saturated rings. The number of nitrogens with one attached hydrogen (secondary N) is 1. The van der Waals surface area contributed by atoms with E-state index in [9.17, 15) is 4.79 Å². The summed E-state index contributed by atoms with van der Waals surface area (Å²) < 4.78 is 10.7. The zero-order valence-electron chi connectivity index (χ0n) is 13.9. The smallest absolute Gasteiger partial charge is 0.248 e. The molecule has 0 bridgehead atoms. The average Bonchev–Trinajstić information content (AvgIpc) is 2.60. The Labute approximate surface area is 151 Å². The van der Waals surface area contributed by atoms with Gasteiger partial charge in [-0.15, -0.1) is 0 Å². The minimum atomic E-state index is -0.319. The number of hydrogen-bond acceptors (Lipinski definition) is 4. The lowest BCUT2D eigenvalue weighted by Gasteiger charge is -2.11. The van der Waals surface area contributed by atoms with Gasteiger partial charge in [-0.3, -0.25) is 4.79 Å². The summed E-state index contributed by atoms with van der Waals surface area (Å²) in [5.74, 6) is 0.651. The highest BCUT2D eigenvalue weighted by atomic mass is 35.5. The molecule has 0 aliphatic heterocycles. The van der Waals surface area contributed by atoms with Crippen LogP contribution in [0.25, 0.3) is 6.08 Å². The molecule has 1 N–H and O–H groups in total. The summed E-state index contributed by atoms with van der Waals surface area (Å²) in [5.41, 5.74) is 1.73. The third kappa shape index (κ3) is 5.00. The molecule has 0 aliphatic rings. The van der Waals surface area contributed by atoms with Crippen molar-refractivity contribution in [1.82, 2.24) is 0 Å². The topological polar surface area (TPSA) is 71.3 Å². The predicted molar refractivity (Wildman–Crippen MR) is 98.0 cm³/mol. The SMILES string of the molecule is CCOc1cc(/C=C/C(=O)Nc2cccc(C#N)c2)cc(Cl)c1OC. The average molecular weight is 357 g/mol. The van der Waals surface area contributed by atoms with Crippen LogP contribution in [-0.2, 0) is 4.79 Å². The summed E-state index contributed by atoms with van der Waals surface area (Å²) >= 11 is 6.18. The number of methoxy groups -OCH3 is 1. The van der Waals surface area contributed by atoms with Crippen molar-refractivity contribution in [3.05, 3.63) is 58.6 Å². The standard InChI is InChI=1S/C19H17ClN2O3/c1-3-25-17-11-13(10-16(20)19(17)24-2)7-8-18(23)22-15-6-4-5-14(9-15)12-21/h4-11H,3H2,1-2H3,(H,22,23)/b8-7+. The Kier molecular flexibility index (Phi) is 6.44. The molecule has 25 heavy (non-hydrogen) atoms. The zero-order valence-corrected chi connectivity index (χ0v) is 14.6. The maximum absolute atomic E-state index is 12.0. The summed E-state index contributed by atoms with van der Waals surface area (Å²) in [7, 11) is 1.52. The second-order valence-corrected chi connectivity index (χ2v) is 5.39. The van der Waals surface area contributed by atoms with Gasteiger partial charge in [0.1, 0.15) is 0 Å². The molecule has 5 nitrogen and oxygen atoms in total. The van der Waals surface area contributed by atoms with E-state index in [4.69, 9.17) is 26.3 Å². The van der Waals surface area contributed by atoms with Crippen LogP contribution in [0.2, 0.25) is 5.02 Å². The molecule has 0 atom stereocenters. The highest BCUT2D eigenvalue weighted by Gasteiger charge is 2.10. The normalized spacial score (nSPS) is 10.3. The number of ether oxygens (including phenoxy) is 2. The Hall–Kier alpha value is -2.97. The lowest BCUT2D eigenvalue weighted by Crippen LogP contribution is -2.07. The van der Waals surface area contributed by atoms with Crippen molar-refractivity contribution >= 4 is 29.3 Å². The van der Waals surface area contributed by atoms with Crippen LogP contribution in [0.3, 0.4) is 0 Å². The second kappa shape index (κ2) is 8.76. The summed E-state index contributed by atoms with van der Waals surface area (Å²) in [4.78, 5) is 12.0. The van der Waals surface area contributed by atoms with Crippen LogP contribution in [0.15, 0.2) is 42.5 Å². The van der Waals surface area contributed by atoms with Crippen molar-refractivity contribution in [1.29, 1.82) is 5.26 Å². The molecule has 0 aliphatic carbocycles. The van der Waals surface area contributed by atoms with E-state index in [1.807, 2.05) is 13.0 Å². The fraction of sp³-hybridized carbons (Fsp3) is 0.158. The van der Waals surface area contributed by atoms with Gasteiger partial charge in [-0.1, -0.05) is 17.7 Å². The van der Waals surface area contributed by atoms with Crippen molar-refractivity contribution < 1.29 is 14.3 Å². The monoisotopic (exact) mass is 356 g/mol. The molecule has 1 amide bonds. The third-order valence-corrected chi connectivity index (χ3v) is 3.50. The number of rotatable bonds is 6. The van der Waals surface area contributed by atoms with E-state index < -0.39 is 0 Å². The number of nitriles is 1. The van der Waals surface area contributed by atoms with Crippen LogP contribution in [0.4, 0.5) is 5.69 Å². The van der Waals surface area contributed by atoms with Crippen molar-refractivity contribution in [3.8, 4) is 17.6 Å². The van der Waals surface area contributed by atoms with Gasteiger partial charge in [-0.25, -0.2) is 0 Å². The molecule has 0 spiro atoms. The molecule has 2 aromatic carbocycles. The first kappa shape index (κ1) is 18.4. The molecule has 0 heterocycles. The molecule has 0 saturated heterocycles. The number of amides is 1. The maximum Gasteiger partial charge on any atom is 0.248 e. The van der Waals surface area contributed by atoms with E-state index in [1.54, 1.807) is 42.5 Å². The molecular weight excluding hydrogens is 340 g/mol. The fourth-order valence-corrected chi connectivity index (χ4v) is 2.46. The van der Waals surface area contributed by atoms with E-state index in [0.717, 1.165) is 0 Å².